The molecule has 21 heavy (non-hydrogen) atoms. The van der Waals surface area contributed by atoms with Gasteiger partial charge in [-0.15, -0.1) is 0 Å². The lowest BCUT2D eigenvalue weighted by Crippen LogP contribution is -2.36. The number of hydrogen-bond acceptors (Lipinski definition) is 2. The molecule has 0 aliphatic heterocycles. The smallest absolute Gasteiger partial charge is 0.251 e. The van der Waals surface area contributed by atoms with E-state index in [-0.39, 0.29) is 23.2 Å². The van der Waals surface area contributed by atoms with Crippen molar-refractivity contribution in [1.29, 1.82) is 0 Å². The molecule has 0 saturated heterocycles. The van der Waals surface area contributed by atoms with E-state index in [2.05, 4.69) is 19.2 Å². The third-order valence-electron chi connectivity index (χ3n) is 3.96. The summed E-state index contributed by atoms with van der Waals surface area (Å²) in [5, 5.41) is 3.03. The standard InChI is InChI=1S/C17H18FNO2/c1-17(2)9-14(13-7-8-21-15(13)10-17)19-16(20)11-3-5-12(18)6-4-11/h3-8,14H,9-10H2,1-2H3,(H,19,20)/t14-/m0/s1. The molecule has 110 valence electrons. The van der Waals surface area contributed by atoms with Gasteiger partial charge in [0.25, 0.3) is 5.91 Å². The predicted octanol–water partition coefficient (Wildman–Crippen LogP) is 3.86. The average Bonchev–Trinajstić information content (AvgIpc) is 2.86. The van der Waals surface area contributed by atoms with E-state index in [0.29, 0.717) is 5.56 Å². The third-order valence-corrected chi connectivity index (χ3v) is 3.96. The second-order valence-electron chi connectivity index (χ2n) is 6.38. The van der Waals surface area contributed by atoms with Crippen molar-refractivity contribution in [2.24, 2.45) is 5.41 Å². The summed E-state index contributed by atoms with van der Waals surface area (Å²) in [6, 6.07) is 7.43. The van der Waals surface area contributed by atoms with Crippen LogP contribution in [0.3, 0.4) is 0 Å². The fraction of sp³-hybridized carbons (Fsp3) is 0.353. The molecule has 0 unspecified atom stereocenters. The molecule has 1 amide bonds. The zero-order valence-electron chi connectivity index (χ0n) is 12.2. The summed E-state index contributed by atoms with van der Waals surface area (Å²) in [5.74, 6) is 0.406. The van der Waals surface area contributed by atoms with Crippen molar-refractivity contribution in [2.45, 2.75) is 32.7 Å². The minimum atomic E-state index is -0.345. The van der Waals surface area contributed by atoms with Crippen LogP contribution in [0.4, 0.5) is 4.39 Å². The van der Waals surface area contributed by atoms with Crippen LogP contribution in [-0.4, -0.2) is 5.91 Å². The average molecular weight is 287 g/mol. The summed E-state index contributed by atoms with van der Waals surface area (Å²) < 4.78 is 18.4. The molecular weight excluding hydrogens is 269 g/mol. The topological polar surface area (TPSA) is 42.2 Å². The van der Waals surface area contributed by atoms with E-state index in [1.807, 2.05) is 6.07 Å². The van der Waals surface area contributed by atoms with Crippen molar-refractivity contribution in [3.8, 4) is 0 Å². The van der Waals surface area contributed by atoms with E-state index >= 15 is 0 Å². The molecule has 0 saturated carbocycles. The van der Waals surface area contributed by atoms with Gasteiger partial charge in [-0.2, -0.15) is 0 Å². The van der Waals surface area contributed by atoms with Crippen LogP contribution in [0.15, 0.2) is 41.0 Å². The van der Waals surface area contributed by atoms with Gasteiger partial charge in [0.05, 0.1) is 12.3 Å². The van der Waals surface area contributed by atoms with Crippen molar-refractivity contribution >= 4 is 5.91 Å². The molecule has 2 aromatic rings. The number of amides is 1. The molecule has 0 radical (unpaired) electrons. The molecule has 1 heterocycles. The van der Waals surface area contributed by atoms with E-state index < -0.39 is 0 Å². The van der Waals surface area contributed by atoms with Gasteiger partial charge >= 0.3 is 0 Å². The predicted molar refractivity (Wildman–Crippen MR) is 77.4 cm³/mol. The quantitative estimate of drug-likeness (QED) is 0.911. The lowest BCUT2D eigenvalue weighted by molar-refractivity contribution is 0.0917. The Balaban J connectivity index is 1.82. The van der Waals surface area contributed by atoms with Crippen LogP contribution in [0.5, 0.6) is 0 Å². The number of nitrogens with one attached hydrogen (secondary N) is 1. The van der Waals surface area contributed by atoms with E-state index in [1.54, 1.807) is 6.26 Å². The van der Waals surface area contributed by atoms with E-state index in [1.165, 1.54) is 24.3 Å². The number of fused-ring (bicyclic) bond motifs is 1. The maximum atomic E-state index is 12.9. The Bertz CT molecular complexity index is 658. The second kappa shape index (κ2) is 5.02. The first kappa shape index (κ1) is 13.9. The van der Waals surface area contributed by atoms with Crippen LogP contribution < -0.4 is 5.32 Å². The third kappa shape index (κ3) is 2.84. The molecule has 0 spiro atoms. The Morgan fingerprint density at radius 3 is 2.71 bits per heavy atom. The monoisotopic (exact) mass is 287 g/mol. The first-order chi connectivity index (χ1) is 9.94. The Hall–Kier alpha value is -2.10. The maximum absolute atomic E-state index is 12.9. The Labute approximate surface area is 123 Å². The maximum Gasteiger partial charge on any atom is 0.251 e. The van der Waals surface area contributed by atoms with Gasteiger partial charge in [0, 0.05) is 17.5 Å². The Morgan fingerprint density at radius 2 is 2.00 bits per heavy atom. The summed E-state index contributed by atoms with van der Waals surface area (Å²) in [6.45, 7) is 4.32. The normalized spacial score (nSPS) is 19.9. The number of rotatable bonds is 2. The van der Waals surface area contributed by atoms with E-state index in [9.17, 15) is 9.18 Å². The summed E-state index contributed by atoms with van der Waals surface area (Å²) in [5.41, 5.74) is 1.58. The highest BCUT2D eigenvalue weighted by Crippen LogP contribution is 2.41. The summed E-state index contributed by atoms with van der Waals surface area (Å²) >= 11 is 0. The minimum Gasteiger partial charge on any atom is -0.469 e. The van der Waals surface area contributed by atoms with Gasteiger partial charge in [-0.25, -0.2) is 4.39 Å². The zero-order valence-corrected chi connectivity index (χ0v) is 12.2. The van der Waals surface area contributed by atoms with Gasteiger partial charge in [-0.05, 0) is 42.2 Å². The molecule has 0 bridgehead atoms. The highest BCUT2D eigenvalue weighted by atomic mass is 19.1. The van der Waals surface area contributed by atoms with E-state index in [0.717, 1.165) is 24.2 Å². The van der Waals surface area contributed by atoms with Gasteiger partial charge in [0.2, 0.25) is 0 Å². The summed E-state index contributed by atoms with van der Waals surface area (Å²) in [7, 11) is 0. The van der Waals surface area contributed by atoms with Crippen molar-refractivity contribution < 1.29 is 13.6 Å². The molecule has 0 fully saturated rings. The van der Waals surface area contributed by atoms with Crippen molar-refractivity contribution in [3.05, 3.63) is 59.3 Å². The van der Waals surface area contributed by atoms with Gasteiger partial charge < -0.3 is 9.73 Å². The van der Waals surface area contributed by atoms with Crippen molar-refractivity contribution in [3.63, 3.8) is 0 Å². The zero-order chi connectivity index (χ0) is 15.0. The SMILES string of the molecule is CC1(C)Cc2occc2[C@@H](NC(=O)c2ccc(F)cc2)C1. The molecule has 1 aliphatic carbocycles. The molecule has 1 N–H and O–H groups in total. The molecule has 1 aromatic heterocycles. The van der Waals surface area contributed by atoms with Crippen LogP contribution in [0.2, 0.25) is 0 Å². The molecule has 4 heteroatoms. The first-order valence-electron chi connectivity index (χ1n) is 7.07. The lowest BCUT2D eigenvalue weighted by atomic mass is 9.74. The van der Waals surface area contributed by atoms with Crippen LogP contribution in [0, 0.1) is 11.2 Å². The van der Waals surface area contributed by atoms with Crippen LogP contribution in [0.25, 0.3) is 0 Å². The van der Waals surface area contributed by atoms with Gasteiger partial charge in [-0.1, -0.05) is 13.8 Å². The summed E-state index contributed by atoms with van der Waals surface area (Å²) in [6.07, 6.45) is 3.40. The fourth-order valence-corrected chi connectivity index (χ4v) is 2.95. The fourth-order valence-electron chi connectivity index (χ4n) is 2.95. The minimum absolute atomic E-state index is 0.0694. The number of benzene rings is 1. The molecule has 1 atom stereocenters. The first-order valence-corrected chi connectivity index (χ1v) is 7.07. The summed E-state index contributed by atoms with van der Waals surface area (Å²) in [4.78, 5) is 12.3. The van der Waals surface area contributed by atoms with Gasteiger partial charge in [0.1, 0.15) is 11.6 Å². The number of carbonyl (C=O) groups is 1. The van der Waals surface area contributed by atoms with Crippen LogP contribution in [0.1, 0.15) is 48.0 Å². The second-order valence-corrected chi connectivity index (χ2v) is 6.38. The molecule has 1 aromatic carbocycles. The number of hydrogen-bond donors (Lipinski definition) is 1. The molecule has 3 rings (SSSR count). The highest BCUT2D eigenvalue weighted by molar-refractivity contribution is 5.94. The molecule has 3 nitrogen and oxygen atoms in total. The largest absolute Gasteiger partial charge is 0.469 e. The molecular formula is C17H18FNO2. The van der Waals surface area contributed by atoms with E-state index in [4.69, 9.17) is 4.42 Å². The number of carbonyl (C=O) groups excluding carboxylic acids is 1. The number of furan rings is 1. The van der Waals surface area contributed by atoms with Crippen molar-refractivity contribution in [2.75, 3.05) is 0 Å². The van der Waals surface area contributed by atoms with Crippen LogP contribution in [-0.2, 0) is 6.42 Å². The van der Waals surface area contributed by atoms with Crippen LogP contribution >= 0.6 is 0 Å². The highest BCUT2D eigenvalue weighted by Gasteiger charge is 2.35. The Morgan fingerprint density at radius 1 is 1.29 bits per heavy atom. The Kier molecular flexibility index (Phi) is 3.32. The molecule has 1 aliphatic rings. The number of halogens is 1. The van der Waals surface area contributed by atoms with Gasteiger partial charge in [0.15, 0.2) is 0 Å². The van der Waals surface area contributed by atoms with Crippen molar-refractivity contribution in [1.82, 2.24) is 5.32 Å². The van der Waals surface area contributed by atoms with Gasteiger partial charge in [-0.3, -0.25) is 4.79 Å². The lowest BCUT2D eigenvalue weighted by Gasteiger charge is -2.34.